The van der Waals surface area contributed by atoms with Crippen molar-refractivity contribution in [3.05, 3.63) is 58.6 Å². The van der Waals surface area contributed by atoms with E-state index in [1.54, 1.807) is 13.2 Å². The Bertz CT molecular complexity index is 629. The maximum Gasteiger partial charge on any atom is 0.416 e. The van der Waals surface area contributed by atoms with Gasteiger partial charge in [0.25, 0.3) is 0 Å². The highest BCUT2D eigenvalue weighted by Gasteiger charge is 2.31. The van der Waals surface area contributed by atoms with E-state index < -0.39 is 11.7 Å². The Kier molecular flexibility index (Phi) is 4.63. The fourth-order valence-electron chi connectivity index (χ4n) is 1.84. The van der Waals surface area contributed by atoms with Gasteiger partial charge in [0.1, 0.15) is 5.75 Å². The number of anilines is 1. The first-order valence-electron chi connectivity index (χ1n) is 6.13. The summed E-state index contributed by atoms with van der Waals surface area (Å²) < 4.78 is 43.2. The second kappa shape index (κ2) is 6.26. The van der Waals surface area contributed by atoms with Crippen LogP contribution in [0.4, 0.5) is 18.9 Å². The van der Waals surface area contributed by atoms with E-state index in [9.17, 15) is 13.2 Å². The third kappa shape index (κ3) is 4.29. The summed E-state index contributed by atoms with van der Waals surface area (Å²) in [7, 11) is 1.55. The molecule has 112 valence electrons. The van der Waals surface area contributed by atoms with E-state index in [1.807, 2.05) is 18.2 Å². The van der Waals surface area contributed by atoms with Crippen LogP contribution in [0.1, 0.15) is 11.1 Å². The van der Waals surface area contributed by atoms with Crippen molar-refractivity contribution in [2.75, 3.05) is 12.4 Å². The lowest BCUT2D eigenvalue weighted by atomic mass is 10.1. The van der Waals surface area contributed by atoms with E-state index in [-0.39, 0.29) is 5.02 Å². The maximum atomic E-state index is 12.7. The average Bonchev–Trinajstić information content (AvgIpc) is 2.44. The van der Waals surface area contributed by atoms with Gasteiger partial charge >= 0.3 is 6.18 Å². The van der Waals surface area contributed by atoms with Gasteiger partial charge in [0, 0.05) is 17.3 Å². The molecule has 0 saturated heterocycles. The maximum absolute atomic E-state index is 12.7. The van der Waals surface area contributed by atoms with Crippen LogP contribution in [0.5, 0.6) is 5.75 Å². The quantitative estimate of drug-likeness (QED) is 0.859. The molecule has 0 atom stereocenters. The third-order valence-electron chi connectivity index (χ3n) is 2.86. The topological polar surface area (TPSA) is 21.3 Å². The van der Waals surface area contributed by atoms with Crippen molar-refractivity contribution in [2.24, 2.45) is 0 Å². The van der Waals surface area contributed by atoms with Crippen LogP contribution >= 0.6 is 11.6 Å². The fraction of sp³-hybridized carbons (Fsp3) is 0.200. The van der Waals surface area contributed by atoms with E-state index in [4.69, 9.17) is 16.3 Å². The van der Waals surface area contributed by atoms with Gasteiger partial charge in [0.2, 0.25) is 0 Å². The molecule has 0 amide bonds. The summed E-state index contributed by atoms with van der Waals surface area (Å²) in [6.45, 7) is 0.370. The predicted octanol–water partition coefficient (Wildman–Crippen LogP) is 4.98. The number of halogens is 4. The van der Waals surface area contributed by atoms with Crippen molar-refractivity contribution < 1.29 is 17.9 Å². The Morgan fingerprint density at radius 2 is 1.90 bits per heavy atom. The van der Waals surface area contributed by atoms with Gasteiger partial charge in [0.05, 0.1) is 12.7 Å². The minimum absolute atomic E-state index is 0.0398. The molecule has 0 aliphatic heterocycles. The molecule has 0 unspecified atom stereocenters. The second-order valence-electron chi connectivity index (χ2n) is 4.43. The van der Waals surface area contributed by atoms with Gasteiger partial charge in [-0.05, 0) is 35.9 Å². The van der Waals surface area contributed by atoms with Crippen LogP contribution in [0.3, 0.4) is 0 Å². The first-order chi connectivity index (χ1) is 9.88. The van der Waals surface area contributed by atoms with Gasteiger partial charge in [-0.3, -0.25) is 0 Å². The van der Waals surface area contributed by atoms with Gasteiger partial charge < -0.3 is 10.1 Å². The molecular formula is C15H13ClF3NO. The number of nitrogens with one attached hydrogen (secondary N) is 1. The minimum Gasteiger partial charge on any atom is -0.497 e. The van der Waals surface area contributed by atoms with Crippen LogP contribution in [-0.2, 0) is 12.7 Å². The van der Waals surface area contributed by atoms with E-state index in [0.717, 1.165) is 17.7 Å². The summed E-state index contributed by atoms with van der Waals surface area (Å²) in [6.07, 6.45) is -4.42. The SMILES string of the molecule is COc1cccc(CNc2cc(Cl)cc(C(F)(F)F)c2)c1. The van der Waals surface area contributed by atoms with Crippen LogP contribution in [0, 0.1) is 0 Å². The lowest BCUT2D eigenvalue weighted by molar-refractivity contribution is -0.137. The zero-order valence-electron chi connectivity index (χ0n) is 11.2. The van der Waals surface area contributed by atoms with Gasteiger partial charge in [-0.1, -0.05) is 23.7 Å². The van der Waals surface area contributed by atoms with Gasteiger partial charge in [-0.2, -0.15) is 13.2 Å². The Hall–Kier alpha value is -1.88. The Labute approximate surface area is 125 Å². The number of hydrogen-bond acceptors (Lipinski definition) is 2. The summed E-state index contributed by atoms with van der Waals surface area (Å²) in [6, 6.07) is 10.7. The molecule has 6 heteroatoms. The monoisotopic (exact) mass is 315 g/mol. The lowest BCUT2D eigenvalue weighted by Crippen LogP contribution is -2.07. The highest BCUT2D eigenvalue weighted by atomic mass is 35.5. The molecule has 0 bridgehead atoms. The van der Waals surface area contributed by atoms with E-state index >= 15 is 0 Å². The molecule has 2 aromatic rings. The number of rotatable bonds is 4. The Morgan fingerprint density at radius 3 is 2.57 bits per heavy atom. The first kappa shape index (κ1) is 15.5. The predicted molar refractivity (Wildman–Crippen MR) is 76.8 cm³/mol. The smallest absolute Gasteiger partial charge is 0.416 e. The molecule has 0 aliphatic rings. The highest BCUT2D eigenvalue weighted by molar-refractivity contribution is 6.30. The summed E-state index contributed by atoms with van der Waals surface area (Å²) >= 11 is 5.73. The Balaban J connectivity index is 2.14. The van der Waals surface area contributed by atoms with Gasteiger partial charge in [-0.15, -0.1) is 0 Å². The number of benzene rings is 2. The molecule has 0 heterocycles. The summed E-state index contributed by atoms with van der Waals surface area (Å²) in [5, 5.41) is 2.97. The molecule has 21 heavy (non-hydrogen) atoms. The standard InChI is InChI=1S/C15H13ClF3NO/c1-21-14-4-2-3-10(5-14)9-20-13-7-11(15(17,18)19)6-12(16)8-13/h2-8,20H,9H2,1H3. The van der Waals surface area contributed by atoms with E-state index in [0.29, 0.717) is 18.0 Å². The molecule has 0 spiro atoms. The van der Waals surface area contributed by atoms with Crippen LogP contribution < -0.4 is 10.1 Å². The molecular weight excluding hydrogens is 303 g/mol. The summed E-state index contributed by atoms with van der Waals surface area (Å²) in [5.41, 5.74) is 0.434. The molecule has 0 aliphatic carbocycles. The van der Waals surface area contributed by atoms with Crippen LogP contribution in [-0.4, -0.2) is 7.11 Å². The zero-order valence-corrected chi connectivity index (χ0v) is 11.9. The van der Waals surface area contributed by atoms with Crippen molar-refractivity contribution in [1.82, 2.24) is 0 Å². The number of ether oxygens (including phenoxy) is 1. The largest absolute Gasteiger partial charge is 0.497 e. The van der Waals surface area contributed by atoms with Crippen molar-refractivity contribution in [1.29, 1.82) is 0 Å². The number of alkyl halides is 3. The molecule has 0 aromatic heterocycles. The van der Waals surface area contributed by atoms with Crippen LogP contribution in [0.25, 0.3) is 0 Å². The van der Waals surface area contributed by atoms with Crippen molar-refractivity contribution in [3.8, 4) is 5.75 Å². The molecule has 2 aromatic carbocycles. The van der Waals surface area contributed by atoms with Crippen molar-refractivity contribution in [2.45, 2.75) is 12.7 Å². The summed E-state index contributed by atoms with van der Waals surface area (Å²) in [5.74, 6) is 0.691. The molecule has 1 N–H and O–H groups in total. The normalized spacial score (nSPS) is 11.3. The Morgan fingerprint density at radius 1 is 1.14 bits per heavy atom. The van der Waals surface area contributed by atoms with Crippen molar-refractivity contribution in [3.63, 3.8) is 0 Å². The van der Waals surface area contributed by atoms with Crippen molar-refractivity contribution >= 4 is 17.3 Å². The molecule has 2 rings (SSSR count). The second-order valence-corrected chi connectivity index (χ2v) is 4.87. The molecule has 2 nitrogen and oxygen atoms in total. The average molecular weight is 316 g/mol. The van der Waals surface area contributed by atoms with E-state index in [1.165, 1.54) is 6.07 Å². The molecule has 0 saturated carbocycles. The van der Waals surface area contributed by atoms with Crippen LogP contribution in [0.2, 0.25) is 5.02 Å². The summed E-state index contributed by atoms with van der Waals surface area (Å²) in [4.78, 5) is 0. The zero-order chi connectivity index (χ0) is 15.5. The fourth-order valence-corrected chi connectivity index (χ4v) is 2.08. The van der Waals surface area contributed by atoms with Gasteiger partial charge in [-0.25, -0.2) is 0 Å². The third-order valence-corrected chi connectivity index (χ3v) is 3.07. The van der Waals surface area contributed by atoms with Gasteiger partial charge in [0.15, 0.2) is 0 Å². The molecule has 0 radical (unpaired) electrons. The first-order valence-corrected chi connectivity index (χ1v) is 6.51. The van der Waals surface area contributed by atoms with E-state index in [2.05, 4.69) is 5.32 Å². The minimum atomic E-state index is -4.42. The highest BCUT2D eigenvalue weighted by Crippen LogP contribution is 2.33. The number of methoxy groups -OCH3 is 1. The number of hydrogen-bond donors (Lipinski definition) is 1. The van der Waals surface area contributed by atoms with Crippen LogP contribution in [0.15, 0.2) is 42.5 Å². The lowest BCUT2D eigenvalue weighted by Gasteiger charge is -2.12. The molecule has 0 fully saturated rings.